The Morgan fingerprint density at radius 2 is 1.91 bits per heavy atom. The number of aromatic nitrogens is 1. The van der Waals surface area contributed by atoms with E-state index in [1.165, 1.54) is 0 Å². The van der Waals surface area contributed by atoms with Crippen LogP contribution in [0.25, 0.3) is 0 Å². The molecular weight excluding hydrogens is 292 g/mol. The Kier molecular flexibility index (Phi) is 4.22. The molecule has 1 amide bonds. The lowest BCUT2D eigenvalue weighted by Crippen LogP contribution is -2.53. The number of amides is 1. The quantitative estimate of drug-likeness (QED) is 0.853. The SMILES string of the molecule is Cc1noc(C)c1C(=O)N1C(C)COC(c2ccccc2)C1C. The zero-order valence-electron chi connectivity index (χ0n) is 13.9. The minimum Gasteiger partial charge on any atom is -0.369 e. The molecule has 0 spiro atoms. The summed E-state index contributed by atoms with van der Waals surface area (Å²) in [6.45, 7) is 8.13. The zero-order valence-corrected chi connectivity index (χ0v) is 13.9. The predicted octanol–water partition coefficient (Wildman–Crippen LogP) is 3.28. The Labute approximate surface area is 136 Å². The maximum absolute atomic E-state index is 13.1. The summed E-state index contributed by atoms with van der Waals surface area (Å²) in [4.78, 5) is 15.0. The van der Waals surface area contributed by atoms with E-state index in [9.17, 15) is 4.79 Å². The Balaban J connectivity index is 1.92. The summed E-state index contributed by atoms with van der Waals surface area (Å²) in [5.41, 5.74) is 2.29. The lowest BCUT2D eigenvalue weighted by Gasteiger charge is -2.43. The molecule has 5 heteroatoms. The number of ether oxygens (including phenoxy) is 1. The van der Waals surface area contributed by atoms with Crippen molar-refractivity contribution in [2.24, 2.45) is 0 Å². The summed E-state index contributed by atoms with van der Waals surface area (Å²) >= 11 is 0. The van der Waals surface area contributed by atoms with Crippen molar-refractivity contribution in [3.05, 3.63) is 52.9 Å². The molecule has 0 bridgehead atoms. The largest absolute Gasteiger partial charge is 0.369 e. The van der Waals surface area contributed by atoms with Crippen LogP contribution in [-0.4, -0.2) is 34.7 Å². The normalized spacial score (nSPS) is 24.7. The number of hydrogen-bond donors (Lipinski definition) is 0. The Morgan fingerprint density at radius 1 is 1.22 bits per heavy atom. The molecule has 23 heavy (non-hydrogen) atoms. The second-order valence-electron chi connectivity index (χ2n) is 6.17. The lowest BCUT2D eigenvalue weighted by molar-refractivity contribution is -0.0806. The lowest BCUT2D eigenvalue weighted by atomic mass is 9.97. The van der Waals surface area contributed by atoms with Crippen molar-refractivity contribution in [2.75, 3.05) is 6.61 Å². The van der Waals surface area contributed by atoms with Gasteiger partial charge in [0.25, 0.3) is 5.91 Å². The van der Waals surface area contributed by atoms with Gasteiger partial charge in [0, 0.05) is 0 Å². The molecule has 0 N–H and O–H groups in total. The monoisotopic (exact) mass is 314 g/mol. The van der Waals surface area contributed by atoms with Crippen molar-refractivity contribution in [3.8, 4) is 0 Å². The first-order valence-electron chi connectivity index (χ1n) is 7.92. The fourth-order valence-corrected chi connectivity index (χ4v) is 3.33. The average Bonchev–Trinajstić information content (AvgIpc) is 2.87. The van der Waals surface area contributed by atoms with Crippen molar-refractivity contribution < 1.29 is 14.1 Å². The Hall–Kier alpha value is -2.14. The molecule has 1 aromatic heterocycles. The van der Waals surface area contributed by atoms with Crippen LogP contribution >= 0.6 is 0 Å². The van der Waals surface area contributed by atoms with Gasteiger partial charge in [-0.05, 0) is 33.3 Å². The molecule has 1 aliphatic heterocycles. The number of carbonyl (C=O) groups is 1. The van der Waals surface area contributed by atoms with Crippen molar-refractivity contribution in [1.29, 1.82) is 0 Å². The van der Waals surface area contributed by atoms with Crippen LogP contribution in [-0.2, 0) is 4.74 Å². The van der Waals surface area contributed by atoms with E-state index in [2.05, 4.69) is 5.16 Å². The number of carbonyl (C=O) groups excluding carboxylic acids is 1. The minimum absolute atomic E-state index is 0.00571. The molecule has 1 saturated heterocycles. The first-order chi connectivity index (χ1) is 11.0. The summed E-state index contributed by atoms with van der Waals surface area (Å²) in [6.07, 6.45) is -0.128. The topological polar surface area (TPSA) is 55.6 Å². The molecule has 1 aliphatic rings. The molecule has 3 rings (SSSR count). The number of benzene rings is 1. The summed E-state index contributed by atoms with van der Waals surface area (Å²) < 4.78 is 11.2. The van der Waals surface area contributed by atoms with Crippen molar-refractivity contribution >= 4 is 5.91 Å². The molecule has 0 radical (unpaired) electrons. The van der Waals surface area contributed by atoms with Gasteiger partial charge in [-0.25, -0.2) is 0 Å². The van der Waals surface area contributed by atoms with Gasteiger partial charge >= 0.3 is 0 Å². The third-order valence-corrected chi connectivity index (χ3v) is 4.48. The van der Waals surface area contributed by atoms with Gasteiger partial charge in [0.1, 0.15) is 17.4 Å². The maximum atomic E-state index is 13.1. The fraction of sp³-hybridized carbons (Fsp3) is 0.444. The number of hydrogen-bond acceptors (Lipinski definition) is 4. The second-order valence-corrected chi connectivity index (χ2v) is 6.17. The summed E-state index contributed by atoms with van der Waals surface area (Å²) in [5.74, 6) is 0.528. The van der Waals surface area contributed by atoms with Gasteiger partial charge in [-0.3, -0.25) is 4.79 Å². The number of nitrogens with zero attached hydrogens (tertiary/aromatic N) is 2. The highest BCUT2D eigenvalue weighted by molar-refractivity contribution is 5.96. The highest BCUT2D eigenvalue weighted by atomic mass is 16.5. The molecule has 122 valence electrons. The second kappa shape index (κ2) is 6.16. The van der Waals surface area contributed by atoms with E-state index >= 15 is 0 Å². The number of morpholine rings is 1. The van der Waals surface area contributed by atoms with E-state index in [1.807, 2.05) is 49.1 Å². The third kappa shape index (κ3) is 2.77. The van der Waals surface area contributed by atoms with E-state index in [4.69, 9.17) is 9.26 Å². The summed E-state index contributed by atoms with van der Waals surface area (Å²) in [5, 5.41) is 3.91. The van der Waals surface area contributed by atoms with Crippen molar-refractivity contribution in [3.63, 3.8) is 0 Å². The number of rotatable bonds is 2. The summed E-state index contributed by atoms with van der Waals surface area (Å²) in [7, 11) is 0. The van der Waals surface area contributed by atoms with Gasteiger partial charge in [0.15, 0.2) is 0 Å². The molecule has 3 unspecified atom stereocenters. The van der Waals surface area contributed by atoms with Crippen LogP contribution in [0.5, 0.6) is 0 Å². The molecule has 1 fully saturated rings. The van der Waals surface area contributed by atoms with E-state index in [-0.39, 0.29) is 24.1 Å². The van der Waals surface area contributed by atoms with Crippen LogP contribution in [0.1, 0.15) is 47.3 Å². The number of aryl methyl sites for hydroxylation is 2. The van der Waals surface area contributed by atoms with Crippen LogP contribution in [0.3, 0.4) is 0 Å². The molecule has 0 aliphatic carbocycles. The molecular formula is C18H22N2O3. The van der Waals surface area contributed by atoms with Crippen LogP contribution in [0.15, 0.2) is 34.9 Å². The smallest absolute Gasteiger partial charge is 0.260 e. The molecule has 2 aromatic rings. The van der Waals surface area contributed by atoms with Gasteiger partial charge in [-0.2, -0.15) is 0 Å². The fourth-order valence-electron chi connectivity index (χ4n) is 3.33. The molecule has 5 nitrogen and oxygen atoms in total. The predicted molar refractivity (Wildman–Crippen MR) is 86.2 cm³/mol. The Bertz CT molecular complexity index is 676. The Morgan fingerprint density at radius 3 is 2.52 bits per heavy atom. The highest BCUT2D eigenvalue weighted by Crippen LogP contribution is 2.32. The van der Waals surface area contributed by atoms with Crippen LogP contribution in [0, 0.1) is 13.8 Å². The van der Waals surface area contributed by atoms with Crippen LogP contribution in [0.2, 0.25) is 0 Å². The van der Waals surface area contributed by atoms with E-state index in [1.54, 1.807) is 13.8 Å². The van der Waals surface area contributed by atoms with Gasteiger partial charge in [0.2, 0.25) is 0 Å². The molecule has 3 atom stereocenters. The first-order valence-corrected chi connectivity index (χ1v) is 7.92. The zero-order chi connectivity index (χ0) is 16.6. The van der Waals surface area contributed by atoms with Crippen molar-refractivity contribution in [2.45, 2.75) is 45.9 Å². The maximum Gasteiger partial charge on any atom is 0.260 e. The molecule has 2 heterocycles. The third-order valence-electron chi connectivity index (χ3n) is 4.48. The van der Waals surface area contributed by atoms with Crippen molar-refractivity contribution in [1.82, 2.24) is 10.1 Å². The van der Waals surface area contributed by atoms with E-state index in [0.29, 0.717) is 23.6 Å². The van der Waals surface area contributed by atoms with Crippen LogP contribution < -0.4 is 0 Å². The van der Waals surface area contributed by atoms with Gasteiger partial charge in [0.05, 0.1) is 24.4 Å². The average molecular weight is 314 g/mol. The highest BCUT2D eigenvalue weighted by Gasteiger charge is 2.39. The van der Waals surface area contributed by atoms with Crippen LogP contribution in [0.4, 0.5) is 0 Å². The molecule has 1 aromatic carbocycles. The van der Waals surface area contributed by atoms with E-state index < -0.39 is 0 Å². The van der Waals surface area contributed by atoms with Gasteiger partial charge in [-0.1, -0.05) is 35.5 Å². The molecule has 0 saturated carbocycles. The van der Waals surface area contributed by atoms with Gasteiger partial charge < -0.3 is 14.2 Å². The standard InChI is InChI=1S/C18H22N2O3/c1-11-10-22-17(15-8-6-5-7-9-15)13(3)20(11)18(21)16-12(2)19-23-14(16)4/h5-9,11,13,17H,10H2,1-4H3. The first kappa shape index (κ1) is 15.7. The van der Waals surface area contributed by atoms with Gasteiger partial charge in [-0.15, -0.1) is 0 Å². The minimum atomic E-state index is -0.128. The summed E-state index contributed by atoms with van der Waals surface area (Å²) in [6, 6.07) is 9.97. The van der Waals surface area contributed by atoms with E-state index in [0.717, 1.165) is 5.56 Å².